The summed E-state index contributed by atoms with van der Waals surface area (Å²) in [6.07, 6.45) is 6.17. The molecule has 1 saturated carbocycles. The number of hydrogen-bond acceptors (Lipinski definition) is 7. The van der Waals surface area contributed by atoms with Crippen molar-refractivity contribution < 1.29 is 24.2 Å². The summed E-state index contributed by atoms with van der Waals surface area (Å²) in [5.74, 6) is 0.218. The first kappa shape index (κ1) is 25.1. The summed E-state index contributed by atoms with van der Waals surface area (Å²) in [6, 6.07) is 5.82. The summed E-state index contributed by atoms with van der Waals surface area (Å²) in [4.78, 5) is 29.8. The molecular weight excluding hydrogens is 458 g/mol. The number of nitrogens with zero attached hydrogens (tertiary/aromatic N) is 2. The fourth-order valence-corrected chi connectivity index (χ4v) is 8.20. The Hall–Kier alpha value is -2.58. The maximum atomic E-state index is 12.9. The highest BCUT2D eigenvalue weighted by Crippen LogP contribution is 2.67. The highest BCUT2D eigenvalue weighted by Gasteiger charge is 2.77. The Kier molecular flexibility index (Phi) is 6.11. The van der Waals surface area contributed by atoms with E-state index in [0.717, 1.165) is 37.4 Å². The largest absolute Gasteiger partial charge is 0.497 e. The van der Waals surface area contributed by atoms with Gasteiger partial charge in [0.15, 0.2) is 0 Å². The third-order valence-corrected chi connectivity index (χ3v) is 9.26. The average molecular weight is 498 g/mol. The molecule has 1 spiro atoms. The second-order valence-corrected chi connectivity index (χ2v) is 11.0. The number of carbonyl (C=O) groups is 2. The number of benzene rings is 1. The van der Waals surface area contributed by atoms with Gasteiger partial charge >= 0.3 is 5.97 Å². The Morgan fingerprint density at radius 2 is 2.03 bits per heavy atom. The Bertz CT molecular complexity index is 1090. The number of fused-ring (bicyclic) bond motifs is 1. The molecule has 1 amide bonds. The molecule has 0 radical (unpaired) electrons. The first-order chi connectivity index (χ1) is 17.2. The Morgan fingerprint density at radius 1 is 1.25 bits per heavy atom. The van der Waals surface area contributed by atoms with Gasteiger partial charge in [-0.3, -0.25) is 14.5 Å². The monoisotopic (exact) mass is 497 g/mol. The van der Waals surface area contributed by atoms with Crippen LogP contribution in [0.5, 0.6) is 5.75 Å². The van der Waals surface area contributed by atoms with Crippen LogP contribution in [-0.4, -0.2) is 79.5 Å². The zero-order valence-corrected chi connectivity index (χ0v) is 22.0. The first-order valence-corrected chi connectivity index (χ1v) is 13.2. The standard InChI is InChI=1S/C28H39N3O5/c1-6-9-22(33)29-17-28(34)24-27(20-11-10-19(35-5)16-21(20)30(24)4)13-15-31-14-8-12-26(7-2,23(27)31)25(28)36-18(3)32/h8,10-12,16,23-25,34H,6-7,9,13-15,17H2,1-5H3,(H,29,33)/t23-,24+,25+,26+,27+,28?/m0/s1. The number of rotatable bonds is 7. The van der Waals surface area contributed by atoms with E-state index < -0.39 is 34.5 Å². The summed E-state index contributed by atoms with van der Waals surface area (Å²) in [5.41, 5.74) is -0.333. The van der Waals surface area contributed by atoms with Gasteiger partial charge in [-0.2, -0.15) is 0 Å². The summed E-state index contributed by atoms with van der Waals surface area (Å²) in [7, 11) is 3.66. The van der Waals surface area contributed by atoms with E-state index in [9.17, 15) is 14.7 Å². The molecule has 1 saturated heterocycles. The topological polar surface area (TPSA) is 91.3 Å². The SMILES string of the molecule is CCCC(=O)NCC1(O)[C@H](OC(C)=O)[C@]2(CC)C=CCN3CC[C@@]4(c5ccc(OC)cc5N(C)[C@@H]14)[C@@H]32. The van der Waals surface area contributed by atoms with Crippen LogP contribution in [0.3, 0.4) is 0 Å². The van der Waals surface area contributed by atoms with Gasteiger partial charge in [0.2, 0.25) is 5.91 Å². The molecule has 3 aliphatic heterocycles. The van der Waals surface area contributed by atoms with Crippen LogP contribution in [-0.2, 0) is 19.7 Å². The fraction of sp³-hybridized carbons (Fsp3) is 0.643. The van der Waals surface area contributed by atoms with E-state index >= 15 is 0 Å². The van der Waals surface area contributed by atoms with Crippen molar-refractivity contribution in [2.75, 3.05) is 38.7 Å². The van der Waals surface area contributed by atoms with E-state index in [0.29, 0.717) is 12.8 Å². The Balaban J connectivity index is 1.76. The molecule has 0 aromatic heterocycles. The number of carbonyl (C=O) groups excluding carboxylic acids is 2. The number of hydrogen-bond donors (Lipinski definition) is 2. The number of esters is 1. The fourth-order valence-electron chi connectivity index (χ4n) is 8.20. The Morgan fingerprint density at radius 3 is 2.69 bits per heavy atom. The molecule has 5 rings (SSSR count). The number of likely N-dealkylation sites (N-methyl/N-ethyl adjacent to an activating group) is 1. The van der Waals surface area contributed by atoms with Crippen molar-refractivity contribution in [2.45, 2.75) is 75.7 Å². The molecule has 2 N–H and O–H groups in total. The molecule has 196 valence electrons. The van der Waals surface area contributed by atoms with E-state index in [1.807, 2.05) is 26.1 Å². The lowest BCUT2D eigenvalue weighted by Gasteiger charge is -2.64. The van der Waals surface area contributed by atoms with Crippen molar-refractivity contribution >= 4 is 17.6 Å². The molecule has 0 bridgehead atoms. The molecule has 8 heteroatoms. The van der Waals surface area contributed by atoms with Gasteiger partial charge in [-0.1, -0.05) is 32.1 Å². The maximum absolute atomic E-state index is 12.9. The van der Waals surface area contributed by atoms with Crippen LogP contribution in [0.2, 0.25) is 0 Å². The lowest BCUT2D eigenvalue weighted by Crippen LogP contribution is -2.81. The molecule has 2 fully saturated rings. The number of methoxy groups -OCH3 is 1. The van der Waals surface area contributed by atoms with Crippen molar-refractivity contribution in [3.8, 4) is 5.75 Å². The minimum absolute atomic E-state index is 0.00791. The van der Waals surface area contributed by atoms with Gasteiger partial charge in [0.25, 0.3) is 0 Å². The molecule has 1 unspecified atom stereocenters. The molecule has 8 nitrogen and oxygen atoms in total. The highest BCUT2D eigenvalue weighted by molar-refractivity contribution is 5.76. The third-order valence-electron chi connectivity index (χ3n) is 9.26. The third kappa shape index (κ3) is 3.19. The number of aliphatic hydroxyl groups is 1. The molecule has 36 heavy (non-hydrogen) atoms. The number of ether oxygens (including phenoxy) is 2. The minimum atomic E-state index is -1.53. The predicted octanol–water partition coefficient (Wildman–Crippen LogP) is 2.38. The smallest absolute Gasteiger partial charge is 0.303 e. The van der Waals surface area contributed by atoms with Gasteiger partial charge in [0.1, 0.15) is 17.5 Å². The van der Waals surface area contributed by atoms with Crippen LogP contribution in [0.15, 0.2) is 30.4 Å². The van der Waals surface area contributed by atoms with Crippen molar-refractivity contribution in [1.82, 2.24) is 10.2 Å². The number of amides is 1. The summed E-state index contributed by atoms with van der Waals surface area (Å²) >= 11 is 0. The predicted molar refractivity (Wildman–Crippen MR) is 137 cm³/mol. The van der Waals surface area contributed by atoms with Gasteiger partial charge in [-0.05, 0) is 37.4 Å². The van der Waals surface area contributed by atoms with Gasteiger partial charge in [0.05, 0.1) is 19.7 Å². The highest BCUT2D eigenvalue weighted by atomic mass is 16.6. The quantitative estimate of drug-likeness (QED) is 0.442. The zero-order valence-electron chi connectivity index (χ0n) is 22.0. The maximum Gasteiger partial charge on any atom is 0.303 e. The van der Waals surface area contributed by atoms with Crippen molar-refractivity contribution in [2.24, 2.45) is 5.41 Å². The van der Waals surface area contributed by atoms with Crippen LogP contribution < -0.4 is 15.0 Å². The molecular formula is C28H39N3O5. The lowest BCUT2D eigenvalue weighted by atomic mass is 9.47. The summed E-state index contributed by atoms with van der Waals surface area (Å²) in [6.45, 7) is 7.19. The van der Waals surface area contributed by atoms with Gasteiger partial charge in [0, 0.05) is 55.6 Å². The van der Waals surface area contributed by atoms with E-state index in [2.05, 4.69) is 40.3 Å². The van der Waals surface area contributed by atoms with Gasteiger partial charge < -0.3 is 24.8 Å². The normalized spacial score (nSPS) is 36.2. The molecule has 3 heterocycles. The van der Waals surface area contributed by atoms with Crippen molar-refractivity contribution in [3.63, 3.8) is 0 Å². The van der Waals surface area contributed by atoms with Gasteiger partial charge in [-0.15, -0.1) is 0 Å². The first-order valence-electron chi connectivity index (χ1n) is 13.2. The van der Waals surface area contributed by atoms with Crippen LogP contribution >= 0.6 is 0 Å². The average Bonchev–Trinajstić information content (AvgIpc) is 3.37. The van der Waals surface area contributed by atoms with E-state index in [1.54, 1.807) is 7.11 Å². The molecule has 1 aliphatic carbocycles. The molecule has 1 aromatic carbocycles. The lowest BCUT2D eigenvalue weighted by molar-refractivity contribution is -0.217. The van der Waals surface area contributed by atoms with E-state index in [-0.39, 0.29) is 18.5 Å². The van der Waals surface area contributed by atoms with E-state index in [4.69, 9.17) is 9.47 Å². The van der Waals surface area contributed by atoms with Crippen LogP contribution in [0.25, 0.3) is 0 Å². The summed E-state index contributed by atoms with van der Waals surface area (Å²) in [5, 5.41) is 15.9. The summed E-state index contributed by atoms with van der Waals surface area (Å²) < 4.78 is 11.7. The van der Waals surface area contributed by atoms with Crippen LogP contribution in [0, 0.1) is 5.41 Å². The van der Waals surface area contributed by atoms with E-state index in [1.165, 1.54) is 12.5 Å². The Labute approximate surface area is 213 Å². The number of nitrogens with one attached hydrogen (secondary N) is 1. The minimum Gasteiger partial charge on any atom is -0.497 e. The second kappa shape index (κ2) is 8.77. The number of anilines is 1. The molecule has 4 aliphatic rings. The zero-order chi connectivity index (χ0) is 25.9. The van der Waals surface area contributed by atoms with Gasteiger partial charge in [-0.25, -0.2) is 0 Å². The second-order valence-electron chi connectivity index (χ2n) is 11.0. The molecule has 6 atom stereocenters. The molecule has 1 aromatic rings. The van der Waals surface area contributed by atoms with Crippen LogP contribution in [0.1, 0.15) is 52.0 Å². The van der Waals surface area contributed by atoms with Crippen molar-refractivity contribution in [1.29, 1.82) is 0 Å². The van der Waals surface area contributed by atoms with Crippen molar-refractivity contribution in [3.05, 3.63) is 35.9 Å². The van der Waals surface area contributed by atoms with Crippen LogP contribution in [0.4, 0.5) is 5.69 Å².